The van der Waals surface area contributed by atoms with E-state index in [-0.39, 0.29) is 107 Å². The molecule has 24 atom stereocenters. The van der Waals surface area contributed by atoms with Gasteiger partial charge in [-0.1, -0.05) is 19.2 Å². The zero-order chi connectivity index (χ0) is 90.3. The Balaban J connectivity index is 0.613. The van der Waals surface area contributed by atoms with Crippen LogP contribution in [-0.2, 0) is 146 Å². The van der Waals surface area contributed by atoms with Crippen LogP contribution in [0.4, 0.5) is 29.2 Å². The molecule has 6 aliphatic rings. The molecule has 0 aromatic carbocycles. The van der Waals surface area contributed by atoms with E-state index in [9.17, 15) is 48.2 Å². The van der Waals surface area contributed by atoms with E-state index in [1.807, 2.05) is 6.92 Å². The van der Waals surface area contributed by atoms with Gasteiger partial charge in [-0.05, 0) is 79.3 Å². The fourth-order valence-corrected chi connectivity index (χ4v) is 23.4. The summed E-state index contributed by atoms with van der Waals surface area (Å²) in [7, 11) is 1.12. The van der Waals surface area contributed by atoms with E-state index < -0.39 is 207 Å². The van der Waals surface area contributed by atoms with Crippen LogP contribution in [0.5, 0.6) is 0 Å². The fourth-order valence-electron chi connectivity index (χ4n) is 15.0. The summed E-state index contributed by atoms with van der Waals surface area (Å²) < 4.78 is 133. The number of aryl methyl sites for hydroxylation is 2. The van der Waals surface area contributed by atoms with Crippen LogP contribution in [0.15, 0.2) is 75.9 Å². The minimum absolute atomic E-state index is 0.0193. The average Bonchev–Trinajstić information content (AvgIpc) is 1.64. The maximum atomic E-state index is 14.9. The molecule has 0 spiro atoms. The molecule has 0 saturated carbocycles. The Hall–Kier alpha value is -6.53. The second-order valence-electron chi connectivity index (χ2n) is 29.4. The summed E-state index contributed by atoms with van der Waals surface area (Å²) in [5, 5.41) is 0. The van der Waals surface area contributed by atoms with Gasteiger partial charge in [-0.2, -0.15) is 9.97 Å². The van der Waals surface area contributed by atoms with Gasteiger partial charge in [0.25, 0.3) is 11.1 Å². The van der Waals surface area contributed by atoms with Crippen LogP contribution in [0.1, 0.15) is 100 Å². The minimum Gasteiger partial charge on any atom is -0.383 e. The molecule has 0 amide bonds. The molecule has 0 radical (unpaired) electrons. The largest absolute Gasteiger partial charge is 0.386 e. The summed E-state index contributed by atoms with van der Waals surface area (Å²) in [5.41, 5.74) is 29.1. The first kappa shape index (κ1) is 93.7. The summed E-state index contributed by atoms with van der Waals surface area (Å²) in [6.07, 6.45) is -9.72. The number of nitrogens with zero attached hydrogens (tertiary/aromatic N) is 18. The van der Waals surface area contributed by atoms with Crippen molar-refractivity contribution in [3.8, 4) is 0 Å². The van der Waals surface area contributed by atoms with Crippen LogP contribution in [0, 0.1) is 13.8 Å². The van der Waals surface area contributed by atoms with E-state index in [0.717, 1.165) is 16.2 Å². The zero-order valence-corrected chi connectivity index (χ0v) is 76.7. The topological polar surface area (TPSA) is 699 Å². The summed E-state index contributed by atoms with van der Waals surface area (Å²) in [5.74, 6) is -0.0702. The molecule has 10 aromatic heterocycles. The second-order valence-corrected chi connectivity index (χ2v) is 46.4. The number of aromatic nitrogens is 20. The lowest BCUT2D eigenvalue weighted by Gasteiger charge is -2.28. The Morgan fingerprint density at radius 2 is 0.748 bits per heavy atom. The van der Waals surface area contributed by atoms with Gasteiger partial charge >= 0.3 is 51.8 Å². The molecule has 0 bridgehead atoms. The molecule has 688 valence electrons. The van der Waals surface area contributed by atoms with Gasteiger partial charge in [-0.25, -0.2) is 64.0 Å². The average molecular weight is 2000 g/mol. The number of fused-ring (bicyclic) bond motifs is 4. The van der Waals surface area contributed by atoms with E-state index in [4.69, 9.17) is 170 Å². The van der Waals surface area contributed by atoms with Crippen molar-refractivity contribution in [3.05, 3.63) is 109 Å². The van der Waals surface area contributed by atoms with Gasteiger partial charge in [0, 0.05) is 69.2 Å². The minimum atomic E-state index is -4.68. The van der Waals surface area contributed by atoms with E-state index in [1.54, 1.807) is 11.5 Å². The summed E-state index contributed by atoms with van der Waals surface area (Å²) in [6.45, 7) is -25.1. The maximum Gasteiger partial charge on any atom is 0.386 e. The van der Waals surface area contributed by atoms with Crippen molar-refractivity contribution in [3.63, 3.8) is 0 Å². The monoisotopic (exact) mass is 2000 g/mol. The highest BCUT2D eigenvalue weighted by Gasteiger charge is 2.51. The predicted octanol–water partition coefficient (Wildman–Crippen LogP) is 2.27. The lowest BCUT2D eigenvalue weighted by Crippen LogP contribution is -2.33. The third-order valence-electron chi connectivity index (χ3n) is 21.1. The number of anilines is 5. The van der Waals surface area contributed by atoms with Crippen LogP contribution in [0.2, 0.25) is 0 Å². The molecule has 53 nitrogen and oxygen atoms in total. The zero-order valence-electron chi connectivity index (χ0n) is 66.3. The molecule has 17 N–H and O–H groups in total. The number of rotatable bonds is 35. The molecule has 6 saturated heterocycles. The van der Waals surface area contributed by atoms with Crippen molar-refractivity contribution in [2.24, 2.45) is 0 Å². The highest BCUT2D eigenvalue weighted by atomic mass is 32.7. The van der Waals surface area contributed by atoms with Crippen LogP contribution < -0.4 is 51.2 Å². The molecule has 0 aliphatic carbocycles. The van der Waals surface area contributed by atoms with Gasteiger partial charge in [-0.3, -0.25) is 56.0 Å². The van der Waals surface area contributed by atoms with Gasteiger partial charge in [-0.15, -0.1) is 0 Å². The molecular weight excluding hydrogens is 1920 g/mol. The van der Waals surface area contributed by atoms with Crippen LogP contribution in [0.25, 0.3) is 44.7 Å². The first-order chi connectivity index (χ1) is 60.2. The van der Waals surface area contributed by atoms with Gasteiger partial charge in [0.15, 0.2) is 45.6 Å². The standard InChI is InChI=1S/C62H81N25O28P6S6/c1-5-28-29(6-42(104-28)84-22-74-46-51(64)68-19-71-54(46)84)111-117(93,123)99-16-37-32(9-43(107-37)85-23-75-47-52(65)69-20-72-55(47)85)114-121(97,127)102-17-38-33(10-44(108-38)86-24-76-48-53(66)70-21-73-56(48)86)113-120(96,126)101-15-36-31(8-41(106-36)83-13-27(3)58(88)81-62(83)91)112-118(94,124)103-18-39-34(11-45(109-39)87-25-77-49-57(87)79-60(67)80-59(49)89)115-119(95,125)100-14-35-30(110-116(92,122)98-4)7-40(105-35)82-12-26(2)50(63)78-61(82)90/h12-13,19-25,28-45H,5-11,14-18H2,1-4H3,(H,92,122)(H,93,123)(H,94,124)(H,95,125)(H,96,126)(H,97,127)(H2,63,78,90)(H2,64,68,71)(H2,65,69,72)(H2,66,70,73)(H,81,88,91)(H3,67,79,80,89)/t28-,29?,30?,31?,32?,33?,34?,35-,36-,37-,38-,39-,40-,41-,42-,43-,44-,45-,116?,117?,118?,119?,120?,121?/m1/s1. The Morgan fingerprint density at radius 3 is 1.14 bits per heavy atom. The van der Waals surface area contributed by atoms with E-state index in [0.29, 0.717) is 23.1 Å². The Kier molecular flexibility index (Phi) is 27.7. The number of aromatic amines is 2. The SMILES string of the molecule is CC[C@H]1O[C@@H](n2cnc3c(N)ncnc32)CC1OP(O)(=S)OC[C@H]1O[C@@H](n2cnc3c(N)ncnc32)CC1OP(=O)(S)OC[C@H]1O[C@@H](n2cnc3c(N)ncnc32)CC1OP(O)(=S)OC[C@H]1O[C@@H](n2cc(C)c(=O)[nH]c2=O)CC1OP(O)(=S)OC[C@H]1O[C@@H](n2cnc3c(=O)[nH]c(N)nc32)CC1OP(O)(=S)OC[C@H]1O[C@@H](n2cc(C)c(N)nc2=O)CC1OP(O)(=S)OC. The number of nitrogens with one attached hydrogen (secondary N) is 2. The van der Waals surface area contributed by atoms with Gasteiger partial charge in [0.1, 0.15) is 115 Å². The molecule has 16 rings (SSSR count). The predicted molar refractivity (Wildman–Crippen MR) is 462 cm³/mol. The van der Waals surface area contributed by atoms with Crippen LogP contribution in [0.3, 0.4) is 0 Å². The Morgan fingerprint density at radius 1 is 0.417 bits per heavy atom. The van der Waals surface area contributed by atoms with E-state index >= 15 is 0 Å². The lowest BCUT2D eigenvalue weighted by atomic mass is 10.1. The number of H-pyrrole nitrogens is 2. The quantitative estimate of drug-likeness (QED) is 0.0200. The molecule has 65 heteroatoms. The van der Waals surface area contributed by atoms with Crippen molar-refractivity contribution in [1.82, 2.24) is 97.2 Å². The highest BCUT2D eigenvalue weighted by molar-refractivity contribution is 8.44. The number of nitrogen functional groups attached to an aromatic ring is 5. The number of hydrogen-bond donors (Lipinski definition) is 13. The lowest BCUT2D eigenvalue weighted by molar-refractivity contribution is -0.0559. The first-order valence-corrected chi connectivity index (χ1v) is 53.8. The highest BCUT2D eigenvalue weighted by Crippen LogP contribution is 2.60. The smallest absolute Gasteiger partial charge is 0.383 e. The van der Waals surface area contributed by atoms with Crippen LogP contribution in [-0.4, -0.2) is 235 Å². The summed E-state index contributed by atoms with van der Waals surface area (Å²) in [6, 6.07) is 0. The number of nitrogens with two attached hydrogens (primary N) is 5. The van der Waals surface area contributed by atoms with Crippen molar-refractivity contribution in [2.45, 2.75) is 176 Å². The third kappa shape index (κ3) is 21.0. The van der Waals surface area contributed by atoms with Gasteiger partial charge in [0.05, 0.1) is 95.0 Å². The fraction of sp³-hybridized carbons (Fsp3) is 0.548. The molecule has 16 heterocycles. The summed E-state index contributed by atoms with van der Waals surface area (Å²) >= 11 is 32.2. The molecule has 12 unspecified atom stereocenters. The maximum absolute atomic E-state index is 14.9. The summed E-state index contributed by atoms with van der Waals surface area (Å²) in [4.78, 5) is 166. The Bertz CT molecular complexity index is 6400. The number of thiol groups is 1. The number of imidazole rings is 4. The third-order valence-corrected chi connectivity index (χ3v) is 30.8. The number of hydrogen-bond acceptors (Lipinski definition) is 45. The van der Waals surface area contributed by atoms with Crippen molar-refractivity contribution in [1.29, 1.82) is 0 Å². The van der Waals surface area contributed by atoms with Crippen molar-refractivity contribution in [2.75, 3.05) is 68.8 Å². The van der Waals surface area contributed by atoms with Crippen molar-refractivity contribution >= 4 is 186 Å². The second kappa shape index (κ2) is 37.5. The van der Waals surface area contributed by atoms with E-state index in [2.05, 4.69) is 82.0 Å². The van der Waals surface area contributed by atoms with Crippen molar-refractivity contribution < 1.29 is 112 Å². The van der Waals surface area contributed by atoms with E-state index in [1.165, 1.54) is 77.3 Å². The normalized spacial score (nSPS) is 29.3. The molecule has 127 heavy (non-hydrogen) atoms. The molecule has 6 fully saturated rings. The molecule has 6 aliphatic heterocycles. The molecule has 10 aromatic rings. The molecular formula is C62H81N25O28P6S6. The first-order valence-electron chi connectivity index (χ1n) is 38.1. The van der Waals surface area contributed by atoms with Gasteiger partial charge in [0.2, 0.25) is 5.95 Å². The van der Waals surface area contributed by atoms with Crippen LogP contribution >= 0.6 is 52.6 Å². The number of ether oxygens (including phenoxy) is 6. The Labute approximate surface area is 744 Å². The van der Waals surface area contributed by atoms with Gasteiger partial charge < -0.3 is 127 Å².